The number of hydrogen-bond acceptors (Lipinski definition) is 5. The van der Waals surface area contributed by atoms with Gasteiger partial charge in [-0.1, -0.05) is 0 Å². The second-order valence-electron chi connectivity index (χ2n) is 5.21. The van der Waals surface area contributed by atoms with E-state index in [0.29, 0.717) is 22.6 Å². The van der Waals surface area contributed by atoms with Crippen LogP contribution >= 0.6 is 38.5 Å². The van der Waals surface area contributed by atoms with Gasteiger partial charge in [0.2, 0.25) is 0 Å². The lowest BCUT2D eigenvalue weighted by Crippen LogP contribution is -2.13. The molecule has 0 aliphatic heterocycles. The fraction of sp³-hybridized carbons (Fsp3) is 0.105. The summed E-state index contributed by atoms with van der Waals surface area (Å²) in [7, 11) is 2.86. The Kier molecular flexibility index (Phi) is 7.38. The molecule has 27 heavy (non-hydrogen) atoms. The van der Waals surface area contributed by atoms with Crippen molar-refractivity contribution in [3.05, 3.63) is 61.1 Å². The molecule has 1 amide bonds. The van der Waals surface area contributed by atoms with Gasteiger partial charge in [-0.2, -0.15) is 5.26 Å². The van der Waals surface area contributed by atoms with Gasteiger partial charge in [0, 0.05) is 5.69 Å². The fourth-order valence-corrected chi connectivity index (χ4v) is 4.06. The smallest absolute Gasteiger partial charge is 0.337 e. The Labute approximate surface area is 178 Å². The molecule has 6 nitrogen and oxygen atoms in total. The van der Waals surface area contributed by atoms with Crippen LogP contribution in [0.25, 0.3) is 6.08 Å². The normalized spacial score (nSPS) is 10.7. The zero-order chi connectivity index (χ0) is 20.0. The Bertz CT molecular complexity index is 926. The number of rotatable bonds is 5. The Morgan fingerprint density at radius 2 is 1.89 bits per heavy atom. The minimum Gasteiger partial charge on any atom is -0.494 e. The highest BCUT2D eigenvalue weighted by molar-refractivity contribution is 14.1. The van der Waals surface area contributed by atoms with Crippen molar-refractivity contribution < 1.29 is 19.1 Å². The van der Waals surface area contributed by atoms with Crippen LogP contribution in [-0.2, 0) is 9.53 Å². The van der Waals surface area contributed by atoms with Gasteiger partial charge < -0.3 is 14.8 Å². The van der Waals surface area contributed by atoms with E-state index in [-0.39, 0.29) is 5.57 Å². The van der Waals surface area contributed by atoms with Crippen LogP contribution in [0.15, 0.2) is 46.4 Å². The van der Waals surface area contributed by atoms with Crippen LogP contribution in [0.1, 0.15) is 15.9 Å². The Morgan fingerprint density at radius 1 is 1.22 bits per heavy atom. The molecular weight excluding hydrogens is 527 g/mol. The molecule has 2 aromatic carbocycles. The molecule has 0 bridgehead atoms. The SMILES string of the molecule is COC(=O)c1ccc(NC(=O)/C(C#N)=C/c2cc(Br)c(OC)c(I)c2)cc1. The van der Waals surface area contributed by atoms with Crippen molar-refractivity contribution in [2.24, 2.45) is 0 Å². The van der Waals surface area contributed by atoms with E-state index < -0.39 is 11.9 Å². The Balaban J connectivity index is 2.22. The number of methoxy groups -OCH3 is 2. The van der Waals surface area contributed by atoms with Crippen LogP contribution in [0.5, 0.6) is 5.75 Å². The van der Waals surface area contributed by atoms with Crippen LogP contribution in [0.2, 0.25) is 0 Å². The predicted molar refractivity (Wildman–Crippen MR) is 113 cm³/mol. The first-order chi connectivity index (χ1) is 12.9. The molecule has 0 atom stereocenters. The number of hydrogen-bond donors (Lipinski definition) is 1. The lowest BCUT2D eigenvalue weighted by atomic mass is 10.1. The number of benzene rings is 2. The van der Waals surface area contributed by atoms with Crippen molar-refractivity contribution in [1.29, 1.82) is 5.26 Å². The number of halogens is 2. The summed E-state index contributed by atoms with van der Waals surface area (Å²) < 4.78 is 11.5. The summed E-state index contributed by atoms with van der Waals surface area (Å²) in [4.78, 5) is 23.8. The van der Waals surface area contributed by atoms with Gasteiger partial charge in [0.05, 0.1) is 27.8 Å². The molecule has 0 saturated heterocycles. The highest BCUT2D eigenvalue weighted by Crippen LogP contribution is 2.32. The second kappa shape index (κ2) is 9.53. The van der Waals surface area contributed by atoms with E-state index in [9.17, 15) is 14.9 Å². The fourth-order valence-electron chi connectivity index (χ4n) is 2.18. The van der Waals surface area contributed by atoms with Gasteiger partial charge in [0.15, 0.2) is 0 Å². The van der Waals surface area contributed by atoms with Crippen molar-refractivity contribution in [1.82, 2.24) is 0 Å². The lowest BCUT2D eigenvalue weighted by Gasteiger charge is -2.08. The molecule has 0 unspecified atom stereocenters. The zero-order valence-electron chi connectivity index (χ0n) is 14.4. The summed E-state index contributed by atoms with van der Waals surface area (Å²) >= 11 is 5.52. The van der Waals surface area contributed by atoms with E-state index >= 15 is 0 Å². The summed E-state index contributed by atoms with van der Waals surface area (Å²) in [6.45, 7) is 0. The molecular formula is C19H14BrIN2O4. The summed E-state index contributed by atoms with van der Waals surface area (Å²) in [6.07, 6.45) is 1.49. The first kappa shape index (κ1) is 20.9. The number of nitrogens with zero attached hydrogens (tertiary/aromatic N) is 1. The highest BCUT2D eigenvalue weighted by Gasteiger charge is 2.13. The molecule has 0 aliphatic rings. The molecule has 0 radical (unpaired) electrons. The summed E-state index contributed by atoms with van der Waals surface area (Å²) in [5.41, 5.74) is 1.45. The molecule has 0 spiro atoms. The maximum atomic E-state index is 12.4. The molecule has 0 heterocycles. The third kappa shape index (κ3) is 5.30. The number of nitrogens with one attached hydrogen (secondary N) is 1. The maximum absolute atomic E-state index is 12.4. The van der Waals surface area contributed by atoms with Crippen LogP contribution in [-0.4, -0.2) is 26.1 Å². The monoisotopic (exact) mass is 540 g/mol. The number of esters is 1. The van der Waals surface area contributed by atoms with Gasteiger partial charge in [0.25, 0.3) is 5.91 Å². The molecule has 138 valence electrons. The topological polar surface area (TPSA) is 88.4 Å². The second-order valence-corrected chi connectivity index (χ2v) is 7.23. The molecule has 0 aliphatic carbocycles. The van der Waals surface area contributed by atoms with Gasteiger partial charge in [0.1, 0.15) is 17.4 Å². The van der Waals surface area contributed by atoms with E-state index in [4.69, 9.17) is 4.74 Å². The number of nitriles is 1. The third-order valence-electron chi connectivity index (χ3n) is 3.46. The molecule has 2 rings (SSSR count). The third-order valence-corrected chi connectivity index (χ3v) is 4.86. The molecule has 0 saturated carbocycles. The number of ether oxygens (including phenoxy) is 2. The van der Waals surface area contributed by atoms with Crippen LogP contribution in [0.3, 0.4) is 0 Å². The van der Waals surface area contributed by atoms with Gasteiger partial charge in [-0.05, 0) is 86.6 Å². The zero-order valence-corrected chi connectivity index (χ0v) is 18.1. The molecule has 2 aromatic rings. The summed E-state index contributed by atoms with van der Waals surface area (Å²) in [6, 6.07) is 11.6. The average molecular weight is 541 g/mol. The minimum absolute atomic E-state index is 0.0556. The van der Waals surface area contributed by atoms with Crippen LogP contribution in [0, 0.1) is 14.9 Å². The Morgan fingerprint density at radius 3 is 2.41 bits per heavy atom. The predicted octanol–water partition coefficient (Wildman–Crippen LogP) is 4.39. The number of carbonyl (C=O) groups is 2. The number of carbonyl (C=O) groups excluding carboxylic acids is 2. The van der Waals surface area contributed by atoms with Gasteiger partial charge in [-0.3, -0.25) is 4.79 Å². The molecule has 1 N–H and O–H groups in total. The summed E-state index contributed by atoms with van der Waals surface area (Å²) in [5, 5.41) is 12.0. The van der Waals surface area contributed by atoms with Crippen LogP contribution in [0.4, 0.5) is 5.69 Å². The standard InChI is InChI=1S/C19H14BrIN2O4/c1-26-17-15(20)8-11(9-16(17)21)7-13(10-22)18(24)23-14-5-3-12(4-6-14)19(25)27-2/h3-9H,1-2H3,(H,23,24)/b13-7+. The quantitative estimate of drug-likeness (QED) is 0.263. The summed E-state index contributed by atoms with van der Waals surface area (Å²) in [5.74, 6) is -0.336. The molecule has 0 aromatic heterocycles. The van der Waals surface area contributed by atoms with Crippen molar-refractivity contribution in [3.63, 3.8) is 0 Å². The minimum atomic E-state index is -0.551. The highest BCUT2D eigenvalue weighted by atomic mass is 127. The lowest BCUT2D eigenvalue weighted by molar-refractivity contribution is -0.112. The van der Waals surface area contributed by atoms with Crippen molar-refractivity contribution in [2.45, 2.75) is 0 Å². The van der Waals surface area contributed by atoms with Gasteiger partial charge in [-0.25, -0.2) is 4.79 Å². The van der Waals surface area contributed by atoms with E-state index in [1.165, 1.54) is 25.3 Å². The van der Waals surface area contributed by atoms with Crippen molar-refractivity contribution in [3.8, 4) is 11.8 Å². The van der Waals surface area contributed by atoms with Crippen molar-refractivity contribution >= 4 is 62.2 Å². The number of anilines is 1. The van der Waals surface area contributed by atoms with E-state index in [2.05, 4.69) is 48.6 Å². The van der Waals surface area contributed by atoms with Crippen LogP contribution < -0.4 is 10.1 Å². The first-order valence-corrected chi connectivity index (χ1v) is 9.41. The maximum Gasteiger partial charge on any atom is 0.337 e. The Hall–Kier alpha value is -2.38. The molecule has 0 fully saturated rings. The van der Waals surface area contributed by atoms with E-state index in [0.717, 1.165) is 8.04 Å². The van der Waals surface area contributed by atoms with Gasteiger partial charge in [-0.15, -0.1) is 0 Å². The van der Waals surface area contributed by atoms with Crippen molar-refractivity contribution in [2.75, 3.05) is 19.5 Å². The van der Waals surface area contributed by atoms with E-state index in [1.54, 1.807) is 31.4 Å². The van der Waals surface area contributed by atoms with Gasteiger partial charge >= 0.3 is 5.97 Å². The first-order valence-electron chi connectivity index (χ1n) is 7.54. The largest absolute Gasteiger partial charge is 0.494 e. The average Bonchev–Trinajstić information content (AvgIpc) is 2.65. The number of amides is 1. The van der Waals surface area contributed by atoms with E-state index in [1.807, 2.05) is 6.07 Å². The molecule has 8 heteroatoms.